The van der Waals surface area contributed by atoms with Crippen LogP contribution < -0.4 is 4.90 Å². The van der Waals surface area contributed by atoms with E-state index in [4.69, 9.17) is 6.57 Å². The molecule has 2 heterocycles. The average molecular weight is 261 g/mol. The predicted molar refractivity (Wildman–Crippen MR) is 81.7 cm³/mol. The zero-order valence-corrected chi connectivity index (χ0v) is 11.6. The molecule has 1 atom stereocenters. The Balaban J connectivity index is 2.04. The fourth-order valence-corrected chi connectivity index (χ4v) is 3.40. The van der Waals surface area contributed by atoms with Gasteiger partial charge < -0.3 is 9.80 Å². The molecule has 0 amide bonds. The van der Waals surface area contributed by atoms with Gasteiger partial charge in [0.15, 0.2) is 5.69 Å². The van der Waals surface area contributed by atoms with E-state index in [0.717, 1.165) is 17.5 Å². The van der Waals surface area contributed by atoms with E-state index in [2.05, 4.69) is 53.0 Å². The fourth-order valence-electron chi connectivity index (χ4n) is 3.40. The van der Waals surface area contributed by atoms with Crippen molar-refractivity contribution >= 4 is 22.1 Å². The van der Waals surface area contributed by atoms with Gasteiger partial charge in [0.25, 0.3) is 0 Å². The Kier molecular flexibility index (Phi) is 2.14. The summed E-state index contributed by atoms with van der Waals surface area (Å²) in [5, 5.41) is 2.25. The molecule has 20 heavy (non-hydrogen) atoms. The molecule has 0 saturated carbocycles. The first-order chi connectivity index (χ1) is 9.70. The maximum atomic E-state index is 7.41. The Morgan fingerprint density at radius 1 is 1.25 bits per heavy atom. The molecule has 0 radical (unpaired) electrons. The highest BCUT2D eigenvalue weighted by Gasteiger charge is 2.37. The molecule has 3 nitrogen and oxygen atoms in total. The van der Waals surface area contributed by atoms with Crippen LogP contribution in [0.4, 0.5) is 11.4 Å². The van der Waals surface area contributed by atoms with Gasteiger partial charge in [0.2, 0.25) is 0 Å². The highest BCUT2D eigenvalue weighted by Crippen LogP contribution is 2.45. The Labute approximate surface area is 118 Å². The molecule has 0 bridgehead atoms. The molecule has 0 spiro atoms. The lowest BCUT2D eigenvalue weighted by atomic mass is 10.0. The number of likely N-dealkylation sites (N-methyl/N-ethyl adjacent to an activating group) is 1. The molecule has 98 valence electrons. The molecule has 1 unspecified atom stereocenters. The van der Waals surface area contributed by atoms with Crippen LogP contribution in [0.15, 0.2) is 42.2 Å². The number of hydrogen-bond acceptors (Lipinski definition) is 2. The average Bonchev–Trinajstić information content (AvgIpc) is 2.96. The number of allylic oxidation sites excluding steroid dienone is 1. The highest BCUT2D eigenvalue weighted by atomic mass is 15.4. The van der Waals surface area contributed by atoms with Crippen LogP contribution in [0, 0.1) is 6.57 Å². The lowest BCUT2D eigenvalue weighted by Crippen LogP contribution is -2.34. The van der Waals surface area contributed by atoms with Crippen LogP contribution in [0.2, 0.25) is 0 Å². The summed E-state index contributed by atoms with van der Waals surface area (Å²) in [6.07, 6.45) is 3.57. The Hall–Kier alpha value is -2.47. The number of fused-ring (bicyclic) bond motifs is 5. The SMILES string of the molecule is [C-]#[N+]c1cc2c(c3ccccc13)N1C=C(C)N(C)C1C2. The number of anilines is 1. The summed E-state index contributed by atoms with van der Waals surface area (Å²) in [5.74, 6) is 0. The van der Waals surface area contributed by atoms with Crippen LogP contribution in [0.1, 0.15) is 12.5 Å². The van der Waals surface area contributed by atoms with Crippen LogP contribution >= 0.6 is 0 Å². The summed E-state index contributed by atoms with van der Waals surface area (Å²) in [6.45, 7) is 9.56. The van der Waals surface area contributed by atoms with Crippen LogP contribution in [0.3, 0.4) is 0 Å². The predicted octanol–water partition coefficient (Wildman–Crippen LogP) is 3.89. The van der Waals surface area contributed by atoms with Crippen LogP contribution in [0.25, 0.3) is 15.6 Å². The molecule has 0 N–H and O–H groups in total. The molecule has 3 heteroatoms. The van der Waals surface area contributed by atoms with Gasteiger partial charge in [-0.3, -0.25) is 0 Å². The van der Waals surface area contributed by atoms with E-state index >= 15 is 0 Å². The van der Waals surface area contributed by atoms with Crippen molar-refractivity contribution in [2.24, 2.45) is 0 Å². The quantitative estimate of drug-likeness (QED) is 0.666. The van der Waals surface area contributed by atoms with Gasteiger partial charge in [-0.25, -0.2) is 4.85 Å². The number of rotatable bonds is 0. The summed E-state index contributed by atoms with van der Waals surface area (Å²) in [4.78, 5) is 8.38. The minimum Gasteiger partial charge on any atom is -0.356 e. The van der Waals surface area contributed by atoms with Crippen LogP contribution in [-0.4, -0.2) is 18.1 Å². The molecular formula is C17H15N3. The Morgan fingerprint density at radius 2 is 2.00 bits per heavy atom. The summed E-state index contributed by atoms with van der Waals surface area (Å²) >= 11 is 0. The summed E-state index contributed by atoms with van der Waals surface area (Å²) < 4.78 is 0. The van der Waals surface area contributed by atoms with Gasteiger partial charge >= 0.3 is 0 Å². The van der Waals surface area contributed by atoms with Crippen molar-refractivity contribution < 1.29 is 0 Å². The van der Waals surface area contributed by atoms with E-state index in [1.807, 2.05) is 12.1 Å². The van der Waals surface area contributed by atoms with Crippen molar-refractivity contribution in [2.75, 3.05) is 11.9 Å². The normalized spacial score (nSPS) is 19.9. The van der Waals surface area contributed by atoms with Gasteiger partial charge in [-0.1, -0.05) is 30.3 Å². The van der Waals surface area contributed by atoms with Gasteiger partial charge in [-0.05, 0) is 23.3 Å². The van der Waals surface area contributed by atoms with Gasteiger partial charge in [0.05, 0.1) is 12.3 Å². The first-order valence-corrected chi connectivity index (χ1v) is 6.82. The molecule has 0 aromatic heterocycles. The topological polar surface area (TPSA) is 10.8 Å². The van der Waals surface area contributed by atoms with Gasteiger partial charge in [0.1, 0.15) is 6.17 Å². The van der Waals surface area contributed by atoms with Crippen molar-refractivity contribution in [2.45, 2.75) is 19.5 Å². The third-order valence-corrected chi connectivity index (χ3v) is 4.50. The number of benzene rings is 2. The number of hydrogen-bond donors (Lipinski definition) is 0. The van der Waals surface area contributed by atoms with Crippen molar-refractivity contribution in [3.05, 3.63) is 59.2 Å². The van der Waals surface area contributed by atoms with Gasteiger partial charge in [-0.2, -0.15) is 0 Å². The molecule has 0 saturated heterocycles. The molecule has 0 aliphatic carbocycles. The molecule has 4 rings (SSSR count). The minimum absolute atomic E-state index is 0.370. The van der Waals surface area contributed by atoms with Crippen molar-refractivity contribution in [3.63, 3.8) is 0 Å². The molecule has 2 aliphatic heterocycles. The second-order valence-corrected chi connectivity index (χ2v) is 5.53. The van der Waals surface area contributed by atoms with E-state index in [-0.39, 0.29) is 0 Å². The van der Waals surface area contributed by atoms with Crippen LogP contribution in [0.5, 0.6) is 0 Å². The van der Waals surface area contributed by atoms with E-state index in [0.29, 0.717) is 6.17 Å². The lowest BCUT2D eigenvalue weighted by Gasteiger charge is -2.25. The van der Waals surface area contributed by atoms with E-state index in [1.54, 1.807) is 0 Å². The largest absolute Gasteiger partial charge is 0.356 e. The highest BCUT2D eigenvalue weighted by molar-refractivity contribution is 6.05. The second kappa shape index (κ2) is 3.77. The smallest absolute Gasteiger partial charge is 0.195 e. The second-order valence-electron chi connectivity index (χ2n) is 5.53. The Bertz CT molecular complexity index is 798. The molecular weight excluding hydrogens is 246 g/mol. The molecule has 2 aromatic rings. The monoisotopic (exact) mass is 261 g/mol. The van der Waals surface area contributed by atoms with E-state index < -0.39 is 0 Å². The maximum Gasteiger partial charge on any atom is 0.195 e. The minimum atomic E-state index is 0.370. The van der Waals surface area contributed by atoms with Crippen molar-refractivity contribution in [1.82, 2.24) is 4.90 Å². The maximum absolute atomic E-state index is 7.41. The third-order valence-electron chi connectivity index (χ3n) is 4.50. The van der Waals surface area contributed by atoms with Gasteiger partial charge in [-0.15, -0.1) is 0 Å². The Morgan fingerprint density at radius 3 is 2.75 bits per heavy atom. The first kappa shape index (κ1) is 11.4. The standard InChI is InChI=1S/C17H15N3/c1-11-10-20-16(19(11)3)9-12-8-15(18-2)13-6-4-5-7-14(13)17(12)20/h4-8,10,16H,9H2,1,3H3. The fraction of sp³-hybridized carbons (Fsp3) is 0.235. The van der Waals surface area contributed by atoms with Gasteiger partial charge in [0, 0.05) is 25.4 Å². The zero-order chi connectivity index (χ0) is 13.9. The molecule has 0 fully saturated rings. The van der Waals surface area contributed by atoms with Crippen molar-refractivity contribution in [3.8, 4) is 0 Å². The zero-order valence-electron chi connectivity index (χ0n) is 11.6. The summed E-state index contributed by atoms with van der Waals surface area (Å²) in [5.41, 5.74) is 4.62. The number of nitrogens with zero attached hydrogens (tertiary/aromatic N) is 3. The summed E-state index contributed by atoms with van der Waals surface area (Å²) in [6, 6.07) is 10.3. The third kappa shape index (κ3) is 1.28. The molecule has 2 aliphatic rings. The van der Waals surface area contributed by atoms with E-state index in [1.165, 1.54) is 22.3 Å². The summed E-state index contributed by atoms with van der Waals surface area (Å²) in [7, 11) is 2.14. The lowest BCUT2D eigenvalue weighted by molar-refractivity contribution is 0.344. The molecule has 2 aromatic carbocycles. The van der Waals surface area contributed by atoms with Crippen molar-refractivity contribution in [1.29, 1.82) is 0 Å². The first-order valence-electron chi connectivity index (χ1n) is 6.82. The van der Waals surface area contributed by atoms with E-state index in [9.17, 15) is 0 Å². The van der Waals surface area contributed by atoms with Crippen LogP contribution in [-0.2, 0) is 6.42 Å².